The van der Waals surface area contributed by atoms with Gasteiger partial charge in [0.05, 0.1) is 0 Å². The van der Waals surface area contributed by atoms with Crippen LogP contribution in [0.1, 0.15) is 42.9 Å². The average Bonchev–Trinajstić information content (AvgIpc) is 2.69. The Balaban J connectivity index is 1.63. The highest BCUT2D eigenvalue weighted by Crippen LogP contribution is 2.29. The number of hydrogen-bond acceptors (Lipinski definition) is 4. The van der Waals surface area contributed by atoms with Crippen molar-refractivity contribution < 1.29 is 0 Å². The highest BCUT2D eigenvalue weighted by molar-refractivity contribution is 5.97. The van der Waals surface area contributed by atoms with Gasteiger partial charge in [-0.15, -0.1) is 0 Å². The summed E-state index contributed by atoms with van der Waals surface area (Å²) in [5.41, 5.74) is 16.4. The van der Waals surface area contributed by atoms with Crippen molar-refractivity contribution in [2.45, 2.75) is 45.7 Å². The Bertz CT molecular complexity index is 820. The number of dihydropyridines is 1. The molecule has 2 aliphatic rings. The minimum absolute atomic E-state index is 0.115. The number of likely N-dealkylation sites (tertiary alicyclic amines) is 1. The smallest absolute Gasteiger partial charge is 0.120 e. The molecule has 0 amide bonds. The molecular weight excluding hydrogens is 346 g/mol. The summed E-state index contributed by atoms with van der Waals surface area (Å²) in [5, 5.41) is 0. The molecule has 3 rings (SSSR count). The maximum atomic E-state index is 6.28. The lowest BCUT2D eigenvalue weighted by molar-refractivity contribution is 0.0638. The zero-order valence-corrected chi connectivity index (χ0v) is 17.4. The van der Waals surface area contributed by atoms with Gasteiger partial charge in [-0.05, 0) is 56.7 Å². The Morgan fingerprint density at radius 1 is 1.36 bits per heavy atom. The van der Waals surface area contributed by atoms with Gasteiger partial charge in [-0.2, -0.15) is 0 Å². The second-order valence-corrected chi connectivity index (χ2v) is 8.19. The van der Waals surface area contributed by atoms with E-state index in [2.05, 4.69) is 42.8 Å². The van der Waals surface area contributed by atoms with E-state index in [0.717, 1.165) is 31.6 Å². The Morgan fingerprint density at radius 2 is 2.18 bits per heavy atom. The fraction of sp³-hybridized carbons (Fsp3) is 0.478. The number of aryl methyl sites for hydroxylation is 1. The summed E-state index contributed by atoms with van der Waals surface area (Å²) in [4.78, 5) is 11.9. The maximum absolute atomic E-state index is 6.28. The molecular formula is C23H33N5. The van der Waals surface area contributed by atoms with E-state index >= 15 is 0 Å². The van der Waals surface area contributed by atoms with Crippen LogP contribution in [0.3, 0.4) is 0 Å². The van der Waals surface area contributed by atoms with Gasteiger partial charge in [0.25, 0.3) is 0 Å². The monoisotopic (exact) mass is 379 g/mol. The molecule has 5 heteroatoms. The van der Waals surface area contributed by atoms with Gasteiger partial charge < -0.3 is 11.5 Å². The molecule has 0 spiro atoms. The first-order valence-corrected chi connectivity index (χ1v) is 10.2. The van der Waals surface area contributed by atoms with Gasteiger partial charge in [-0.3, -0.25) is 14.9 Å². The number of hydrogen-bond donors (Lipinski definition) is 2. The Morgan fingerprint density at radius 3 is 2.93 bits per heavy atom. The summed E-state index contributed by atoms with van der Waals surface area (Å²) >= 11 is 0. The molecule has 2 heterocycles. The summed E-state index contributed by atoms with van der Waals surface area (Å²) < 4.78 is 0. The van der Waals surface area contributed by atoms with Gasteiger partial charge in [0.15, 0.2) is 0 Å². The molecule has 1 aromatic rings. The Hall–Kier alpha value is -2.40. The lowest BCUT2D eigenvalue weighted by atomic mass is 9.93. The van der Waals surface area contributed by atoms with Crippen LogP contribution in [0.5, 0.6) is 0 Å². The van der Waals surface area contributed by atoms with Crippen molar-refractivity contribution in [1.29, 1.82) is 0 Å². The van der Waals surface area contributed by atoms with E-state index in [0.29, 0.717) is 17.5 Å². The molecule has 150 valence electrons. The molecule has 1 aromatic carbocycles. The molecule has 5 nitrogen and oxygen atoms in total. The van der Waals surface area contributed by atoms with Gasteiger partial charge >= 0.3 is 0 Å². The molecule has 2 unspecified atom stereocenters. The zero-order chi connectivity index (χ0) is 20.1. The molecule has 0 aliphatic carbocycles. The van der Waals surface area contributed by atoms with Crippen LogP contribution in [0, 0.1) is 19.8 Å². The van der Waals surface area contributed by atoms with Crippen molar-refractivity contribution >= 4 is 17.7 Å². The predicted molar refractivity (Wildman–Crippen MR) is 120 cm³/mol. The first-order chi connectivity index (χ1) is 13.4. The van der Waals surface area contributed by atoms with E-state index in [1.807, 2.05) is 24.4 Å². The third-order valence-corrected chi connectivity index (χ3v) is 6.03. The molecule has 4 N–H and O–H groups in total. The topological polar surface area (TPSA) is 80.0 Å². The van der Waals surface area contributed by atoms with Crippen LogP contribution < -0.4 is 11.5 Å². The van der Waals surface area contributed by atoms with Crippen LogP contribution in [0.25, 0.3) is 5.70 Å². The highest BCUT2D eigenvalue weighted by atomic mass is 15.3. The van der Waals surface area contributed by atoms with Crippen LogP contribution >= 0.6 is 0 Å². The molecule has 0 aromatic heterocycles. The SMILES string of the molecule is Cc1cccc(/C(N)=C/C(N)=NCC2CCCN(C3(C)CC=CC=N3)C2)c1C. The van der Waals surface area contributed by atoms with Crippen molar-refractivity contribution in [3.8, 4) is 0 Å². The number of rotatable bonds is 5. The van der Waals surface area contributed by atoms with E-state index in [9.17, 15) is 0 Å². The quantitative estimate of drug-likeness (QED) is 0.608. The van der Waals surface area contributed by atoms with E-state index in [1.54, 1.807) is 6.08 Å². The number of piperidine rings is 1. The van der Waals surface area contributed by atoms with Crippen molar-refractivity contribution in [3.63, 3.8) is 0 Å². The number of nitrogens with zero attached hydrogens (tertiary/aromatic N) is 3. The van der Waals surface area contributed by atoms with Gasteiger partial charge in [-0.1, -0.05) is 24.3 Å². The van der Waals surface area contributed by atoms with E-state index in [4.69, 9.17) is 16.5 Å². The van der Waals surface area contributed by atoms with Crippen molar-refractivity contribution in [1.82, 2.24) is 4.90 Å². The number of allylic oxidation sites excluding steroid dienone is 1. The predicted octanol–water partition coefficient (Wildman–Crippen LogP) is 3.42. The number of amidine groups is 1. The van der Waals surface area contributed by atoms with Gasteiger partial charge in [0.2, 0.25) is 0 Å². The lowest BCUT2D eigenvalue weighted by Crippen LogP contribution is -2.50. The fourth-order valence-electron chi connectivity index (χ4n) is 4.05. The molecule has 1 fully saturated rings. The minimum atomic E-state index is -0.115. The lowest BCUT2D eigenvalue weighted by Gasteiger charge is -2.43. The molecule has 28 heavy (non-hydrogen) atoms. The molecule has 0 bridgehead atoms. The third kappa shape index (κ3) is 4.71. The molecule has 2 atom stereocenters. The first kappa shape index (κ1) is 20.3. The van der Waals surface area contributed by atoms with Crippen LogP contribution in [0.4, 0.5) is 0 Å². The second-order valence-electron chi connectivity index (χ2n) is 8.19. The third-order valence-electron chi connectivity index (χ3n) is 6.03. The zero-order valence-electron chi connectivity index (χ0n) is 17.4. The second kappa shape index (κ2) is 8.74. The minimum Gasteiger partial charge on any atom is -0.398 e. The largest absolute Gasteiger partial charge is 0.398 e. The average molecular weight is 380 g/mol. The first-order valence-electron chi connectivity index (χ1n) is 10.2. The summed E-state index contributed by atoms with van der Waals surface area (Å²) in [7, 11) is 0. The number of benzene rings is 1. The normalized spacial score (nSPS) is 26.6. The van der Waals surface area contributed by atoms with E-state index in [-0.39, 0.29) is 5.66 Å². The summed E-state index contributed by atoms with van der Waals surface area (Å²) in [6.07, 6.45) is 11.3. The molecule has 0 radical (unpaired) electrons. The summed E-state index contributed by atoms with van der Waals surface area (Å²) in [6, 6.07) is 6.14. The highest BCUT2D eigenvalue weighted by Gasteiger charge is 2.34. The van der Waals surface area contributed by atoms with Crippen molar-refractivity contribution in [2.75, 3.05) is 19.6 Å². The molecule has 0 saturated carbocycles. The number of aliphatic imine (C=N–C) groups is 2. The number of nitrogens with two attached hydrogens (primary N) is 2. The van der Waals surface area contributed by atoms with Gasteiger partial charge in [0.1, 0.15) is 11.5 Å². The van der Waals surface area contributed by atoms with Crippen molar-refractivity contribution in [2.24, 2.45) is 27.4 Å². The van der Waals surface area contributed by atoms with E-state index < -0.39 is 0 Å². The van der Waals surface area contributed by atoms with Gasteiger partial charge in [-0.25, -0.2) is 0 Å². The fourth-order valence-corrected chi connectivity index (χ4v) is 4.05. The molecule has 2 aliphatic heterocycles. The Labute approximate surface area is 168 Å². The summed E-state index contributed by atoms with van der Waals surface area (Å²) in [5.74, 6) is 1.00. The Kier molecular flexibility index (Phi) is 6.35. The van der Waals surface area contributed by atoms with Crippen LogP contribution in [0.2, 0.25) is 0 Å². The summed E-state index contributed by atoms with van der Waals surface area (Å²) in [6.45, 7) is 9.23. The van der Waals surface area contributed by atoms with Crippen LogP contribution in [-0.2, 0) is 0 Å². The van der Waals surface area contributed by atoms with Crippen LogP contribution in [0.15, 0.2) is 46.4 Å². The maximum Gasteiger partial charge on any atom is 0.120 e. The van der Waals surface area contributed by atoms with Crippen molar-refractivity contribution in [3.05, 3.63) is 53.1 Å². The van der Waals surface area contributed by atoms with E-state index in [1.165, 1.54) is 24.0 Å². The standard InChI is InChI=1S/C23H33N5/c1-17-8-6-10-20(18(17)2)21(24)14-22(25)26-15-19-9-7-13-28(16-19)23(3)11-4-5-12-27-23/h4-6,8,10,12,14,19H,7,9,11,13,15-16,24H2,1-3H3,(H2,25,26)/b21-14-. The van der Waals surface area contributed by atoms with Gasteiger partial charge in [0, 0.05) is 49.6 Å². The molecule has 1 saturated heterocycles. The van der Waals surface area contributed by atoms with Crippen LogP contribution in [-0.4, -0.2) is 42.2 Å².